The molecule has 3 rings (SSSR count). The number of hydrogen-bond acceptors (Lipinski definition) is 6. The first-order valence-electron chi connectivity index (χ1n) is 10.4. The van der Waals surface area contributed by atoms with E-state index in [1.54, 1.807) is 18.9 Å². The van der Waals surface area contributed by atoms with Crippen LogP contribution in [-0.4, -0.2) is 86.1 Å². The fourth-order valence-corrected chi connectivity index (χ4v) is 4.94. The minimum absolute atomic E-state index is 0. The molecule has 2 atom stereocenters. The van der Waals surface area contributed by atoms with Gasteiger partial charge in [0.2, 0.25) is 0 Å². The summed E-state index contributed by atoms with van der Waals surface area (Å²) >= 11 is 1.79. The average molecular weight is 551 g/mol. The van der Waals surface area contributed by atoms with Crippen LogP contribution in [0.25, 0.3) is 0 Å². The normalized spacial score (nSPS) is 23.5. The fraction of sp³-hybridized carbons (Fsp3) is 0.667. The number of morpholine rings is 1. The molecule has 0 aromatic heterocycles. The highest BCUT2D eigenvalue weighted by Gasteiger charge is 2.31. The van der Waals surface area contributed by atoms with Crippen LogP contribution in [0.4, 0.5) is 0 Å². The molecule has 2 aliphatic heterocycles. The third-order valence-electron chi connectivity index (χ3n) is 5.41. The Hall–Kier alpha value is -0.750. The Bertz CT molecular complexity index is 650. The number of hydrogen-bond donors (Lipinski definition) is 3. The summed E-state index contributed by atoms with van der Waals surface area (Å²) in [4.78, 5) is 7.12. The molecule has 170 valence electrons. The topological polar surface area (TPSA) is 78.4 Å². The van der Waals surface area contributed by atoms with Crippen molar-refractivity contribution in [2.45, 2.75) is 25.0 Å². The highest BCUT2D eigenvalue weighted by atomic mass is 127. The predicted octanol–water partition coefficient (Wildman–Crippen LogP) is 2.11. The Morgan fingerprint density at radius 3 is 2.63 bits per heavy atom. The van der Waals surface area contributed by atoms with Crippen molar-refractivity contribution in [3.63, 3.8) is 0 Å². The predicted molar refractivity (Wildman–Crippen MR) is 134 cm³/mol. The van der Waals surface area contributed by atoms with Crippen molar-refractivity contribution in [3.8, 4) is 5.75 Å². The lowest BCUT2D eigenvalue weighted by atomic mass is 10.0. The van der Waals surface area contributed by atoms with Gasteiger partial charge in [0.1, 0.15) is 5.75 Å². The lowest BCUT2D eigenvalue weighted by Gasteiger charge is -2.35. The number of nitrogens with zero attached hydrogens (tertiary/aromatic N) is 2. The molecule has 2 saturated heterocycles. The van der Waals surface area contributed by atoms with Crippen LogP contribution in [-0.2, 0) is 4.74 Å². The molecule has 2 unspecified atom stereocenters. The molecule has 3 N–H and O–H groups in total. The van der Waals surface area contributed by atoms with Gasteiger partial charge in [0.15, 0.2) is 5.96 Å². The molecule has 30 heavy (non-hydrogen) atoms. The Morgan fingerprint density at radius 1 is 1.30 bits per heavy atom. The molecule has 0 radical (unpaired) electrons. The molecular weight excluding hydrogens is 515 g/mol. The zero-order valence-corrected chi connectivity index (χ0v) is 21.1. The summed E-state index contributed by atoms with van der Waals surface area (Å²) in [7, 11) is 1.69. The molecule has 0 spiro atoms. The molecule has 0 bridgehead atoms. The highest BCUT2D eigenvalue weighted by molar-refractivity contribution is 14.0. The number of ether oxygens (including phenoxy) is 2. The van der Waals surface area contributed by atoms with E-state index in [0.717, 1.165) is 69.0 Å². The van der Waals surface area contributed by atoms with Crippen molar-refractivity contribution in [1.82, 2.24) is 15.5 Å². The summed E-state index contributed by atoms with van der Waals surface area (Å²) in [6.07, 6.45) is 0.808. The number of nitrogens with one attached hydrogen (secondary N) is 2. The average Bonchev–Trinajstić information content (AvgIpc) is 3.20. The van der Waals surface area contributed by atoms with Crippen LogP contribution in [0.3, 0.4) is 0 Å². The first-order chi connectivity index (χ1) is 14.1. The molecule has 0 amide bonds. The van der Waals surface area contributed by atoms with Crippen LogP contribution in [0.2, 0.25) is 0 Å². The molecule has 9 heteroatoms. The molecule has 2 fully saturated rings. The molecule has 0 aliphatic carbocycles. The number of aliphatic imine (C=N–C) groups is 1. The second kappa shape index (κ2) is 12.9. The van der Waals surface area contributed by atoms with Gasteiger partial charge in [-0.15, -0.1) is 24.0 Å². The zero-order valence-electron chi connectivity index (χ0n) is 17.9. The van der Waals surface area contributed by atoms with E-state index in [0.29, 0.717) is 6.54 Å². The monoisotopic (exact) mass is 550 g/mol. The van der Waals surface area contributed by atoms with E-state index in [1.165, 1.54) is 5.56 Å². The molecule has 2 heterocycles. The van der Waals surface area contributed by atoms with Crippen LogP contribution in [0.5, 0.6) is 5.75 Å². The summed E-state index contributed by atoms with van der Waals surface area (Å²) in [5, 5.41) is 17.4. The Morgan fingerprint density at radius 2 is 2.03 bits per heavy atom. The van der Waals surface area contributed by atoms with Gasteiger partial charge in [0.05, 0.1) is 38.5 Å². The molecule has 7 nitrogen and oxygen atoms in total. The highest BCUT2D eigenvalue weighted by Crippen LogP contribution is 2.28. The SMILES string of the molecule is CCNC(=NCC1(O)CCSC1)NCC(c1ccc(OC)cc1)N1CCOCC1.I. The quantitative estimate of drug-likeness (QED) is 0.260. The Labute approximate surface area is 201 Å². The van der Waals surface area contributed by atoms with E-state index in [4.69, 9.17) is 9.47 Å². The van der Waals surface area contributed by atoms with Gasteiger partial charge in [-0.25, -0.2) is 0 Å². The van der Waals surface area contributed by atoms with Crippen molar-refractivity contribution in [2.24, 2.45) is 4.99 Å². The number of guanidine groups is 1. The third-order valence-corrected chi connectivity index (χ3v) is 6.64. The van der Waals surface area contributed by atoms with Gasteiger partial charge in [-0.2, -0.15) is 11.8 Å². The van der Waals surface area contributed by atoms with Gasteiger partial charge in [0, 0.05) is 31.9 Å². The minimum Gasteiger partial charge on any atom is -0.497 e. The van der Waals surface area contributed by atoms with Crippen molar-refractivity contribution in [3.05, 3.63) is 29.8 Å². The van der Waals surface area contributed by atoms with Crippen LogP contribution in [0.1, 0.15) is 24.9 Å². The smallest absolute Gasteiger partial charge is 0.191 e. The van der Waals surface area contributed by atoms with Gasteiger partial charge >= 0.3 is 0 Å². The van der Waals surface area contributed by atoms with Gasteiger partial charge in [-0.3, -0.25) is 9.89 Å². The molecule has 1 aromatic rings. The lowest BCUT2D eigenvalue weighted by molar-refractivity contribution is 0.0169. The molecule has 0 saturated carbocycles. The van der Waals surface area contributed by atoms with Crippen LogP contribution in [0.15, 0.2) is 29.3 Å². The fourth-order valence-electron chi connectivity index (χ4n) is 3.66. The van der Waals surface area contributed by atoms with Crippen LogP contribution < -0.4 is 15.4 Å². The largest absolute Gasteiger partial charge is 0.497 e. The number of halogens is 1. The lowest BCUT2D eigenvalue weighted by Crippen LogP contribution is -2.46. The van der Waals surface area contributed by atoms with Gasteiger partial charge in [-0.05, 0) is 36.8 Å². The van der Waals surface area contributed by atoms with Crippen LogP contribution in [0, 0.1) is 0 Å². The maximum atomic E-state index is 10.6. The maximum Gasteiger partial charge on any atom is 0.191 e. The van der Waals surface area contributed by atoms with Crippen LogP contribution >= 0.6 is 35.7 Å². The van der Waals surface area contributed by atoms with Crippen molar-refractivity contribution >= 4 is 41.7 Å². The van der Waals surface area contributed by atoms with E-state index in [-0.39, 0.29) is 30.0 Å². The van der Waals surface area contributed by atoms with E-state index >= 15 is 0 Å². The summed E-state index contributed by atoms with van der Waals surface area (Å²) in [6.45, 7) is 7.32. The van der Waals surface area contributed by atoms with E-state index in [9.17, 15) is 5.11 Å². The summed E-state index contributed by atoms with van der Waals surface area (Å²) < 4.78 is 10.9. The van der Waals surface area contributed by atoms with Crippen molar-refractivity contribution in [1.29, 1.82) is 0 Å². The molecule has 1 aromatic carbocycles. The Kier molecular flexibility index (Phi) is 11.0. The molecular formula is C21H35IN4O3S. The molecule has 2 aliphatic rings. The van der Waals surface area contributed by atoms with Gasteiger partial charge in [0.25, 0.3) is 0 Å². The minimum atomic E-state index is -0.674. The summed E-state index contributed by atoms with van der Waals surface area (Å²) in [5.74, 6) is 3.38. The third kappa shape index (κ3) is 7.44. The van der Waals surface area contributed by atoms with E-state index in [2.05, 4.69) is 39.6 Å². The standard InChI is InChI=1S/C21H34N4O3S.HI/c1-3-22-20(24-15-21(26)8-13-29-16-21)23-14-19(25-9-11-28-12-10-25)17-4-6-18(27-2)7-5-17;/h4-7,19,26H,3,8-16H2,1-2H3,(H2,22,23,24);1H. The summed E-state index contributed by atoms with van der Waals surface area (Å²) in [6, 6.07) is 8.48. The number of benzene rings is 1. The second-order valence-electron chi connectivity index (χ2n) is 7.54. The van der Waals surface area contributed by atoms with Gasteiger partial charge in [-0.1, -0.05) is 12.1 Å². The number of aliphatic hydroxyl groups is 1. The van der Waals surface area contributed by atoms with Crippen molar-refractivity contribution in [2.75, 3.05) is 64.6 Å². The van der Waals surface area contributed by atoms with Gasteiger partial charge < -0.3 is 25.2 Å². The number of rotatable bonds is 8. The Balaban J connectivity index is 0.00000320. The number of thioether (sulfide) groups is 1. The maximum absolute atomic E-state index is 10.6. The first-order valence-corrected chi connectivity index (χ1v) is 11.6. The zero-order chi connectivity index (χ0) is 20.5. The van der Waals surface area contributed by atoms with Crippen molar-refractivity contribution < 1.29 is 14.6 Å². The van der Waals surface area contributed by atoms with E-state index in [1.807, 2.05) is 12.1 Å². The van der Waals surface area contributed by atoms with E-state index < -0.39 is 5.60 Å². The second-order valence-corrected chi connectivity index (χ2v) is 8.65. The first kappa shape index (κ1) is 25.5. The summed E-state index contributed by atoms with van der Waals surface area (Å²) in [5.41, 5.74) is 0.564. The number of methoxy groups -OCH3 is 1.